The van der Waals surface area contributed by atoms with Gasteiger partial charge in [0.1, 0.15) is 10.7 Å². The van der Waals surface area contributed by atoms with E-state index in [1.165, 1.54) is 44.6 Å². The molecule has 0 aliphatic rings. The van der Waals surface area contributed by atoms with Crippen molar-refractivity contribution in [1.82, 2.24) is 0 Å². The lowest BCUT2D eigenvalue weighted by Crippen LogP contribution is -2.15. The Labute approximate surface area is 156 Å². The standard InChI is InChI=1S/C18H18FNO6S/c1-11-8-13(19)5-6-14(11)20-27(23,24)16-10-12(4-7-17(21)22)9-15(25-2)18(16)26-3/h4-10,20H,1-3H3,(H,21,22)/b7-4+. The molecular weight excluding hydrogens is 377 g/mol. The molecule has 0 saturated carbocycles. The zero-order chi connectivity index (χ0) is 20.2. The fourth-order valence-corrected chi connectivity index (χ4v) is 3.70. The Balaban J connectivity index is 2.59. The SMILES string of the molecule is COc1cc(/C=C/C(=O)O)cc(S(=O)(=O)Nc2ccc(F)cc2C)c1OC. The maximum absolute atomic E-state index is 13.3. The smallest absolute Gasteiger partial charge is 0.328 e. The third kappa shape index (κ3) is 4.76. The van der Waals surface area contributed by atoms with E-state index in [0.717, 1.165) is 12.1 Å². The van der Waals surface area contributed by atoms with E-state index in [1.807, 2.05) is 0 Å². The van der Waals surface area contributed by atoms with Gasteiger partial charge in [0.15, 0.2) is 11.5 Å². The topological polar surface area (TPSA) is 102 Å². The Morgan fingerprint density at radius 3 is 2.44 bits per heavy atom. The largest absolute Gasteiger partial charge is 0.493 e. The van der Waals surface area contributed by atoms with Gasteiger partial charge in [-0.2, -0.15) is 0 Å². The molecule has 2 aromatic carbocycles. The molecule has 0 aromatic heterocycles. The lowest BCUT2D eigenvalue weighted by atomic mass is 10.2. The summed E-state index contributed by atoms with van der Waals surface area (Å²) in [6, 6.07) is 6.33. The van der Waals surface area contributed by atoms with Crippen LogP contribution in [0.5, 0.6) is 11.5 Å². The van der Waals surface area contributed by atoms with Gasteiger partial charge in [-0.15, -0.1) is 0 Å². The summed E-state index contributed by atoms with van der Waals surface area (Å²) in [7, 11) is -1.53. The number of carboxylic acid groups (broad SMARTS) is 1. The average Bonchev–Trinajstić information content (AvgIpc) is 2.61. The van der Waals surface area contributed by atoms with Crippen LogP contribution in [0.25, 0.3) is 6.08 Å². The van der Waals surface area contributed by atoms with Crippen LogP contribution < -0.4 is 14.2 Å². The molecule has 2 aromatic rings. The van der Waals surface area contributed by atoms with Crippen molar-refractivity contribution in [1.29, 1.82) is 0 Å². The molecular formula is C18H18FNO6S. The number of aliphatic carboxylic acids is 1. The van der Waals surface area contributed by atoms with Crippen LogP contribution in [-0.2, 0) is 14.8 Å². The van der Waals surface area contributed by atoms with Crippen LogP contribution in [0.2, 0.25) is 0 Å². The first-order valence-electron chi connectivity index (χ1n) is 7.64. The number of halogens is 1. The molecule has 0 aliphatic carbocycles. The van der Waals surface area contributed by atoms with E-state index in [-0.39, 0.29) is 27.6 Å². The van der Waals surface area contributed by atoms with Crippen LogP contribution in [0.15, 0.2) is 41.3 Å². The summed E-state index contributed by atoms with van der Waals surface area (Å²) in [6.07, 6.45) is 2.10. The van der Waals surface area contributed by atoms with E-state index < -0.39 is 21.8 Å². The van der Waals surface area contributed by atoms with Crippen molar-refractivity contribution in [2.75, 3.05) is 18.9 Å². The van der Waals surface area contributed by atoms with Gasteiger partial charge in [-0.3, -0.25) is 4.72 Å². The fourth-order valence-electron chi connectivity index (χ4n) is 2.35. The summed E-state index contributed by atoms with van der Waals surface area (Å²) in [4.78, 5) is 10.5. The second kappa shape index (κ2) is 8.09. The first kappa shape index (κ1) is 20.2. The molecule has 0 saturated heterocycles. The molecule has 9 heteroatoms. The van der Waals surface area contributed by atoms with Crippen LogP contribution in [0, 0.1) is 12.7 Å². The van der Waals surface area contributed by atoms with Crippen LogP contribution in [-0.4, -0.2) is 33.7 Å². The van der Waals surface area contributed by atoms with Gasteiger partial charge < -0.3 is 14.6 Å². The van der Waals surface area contributed by atoms with Gasteiger partial charge >= 0.3 is 5.97 Å². The number of methoxy groups -OCH3 is 2. The number of anilines is 1. The van der Waals surface area contributed by atoms with Gasteiger partial charge in [0.05, 0.1) is 19.9 Å². The number of benzene rings is 2. The average molecular weight is 395 g/mol. The number of aryl methyl sites for hydroxylation is 1. The van der Waals surface area contributed by atoms with Crippen LogP contribution in [0.4, 0.5) is 10.1 Å². The number of ether oxygens (including phenoxy) is 2. The van der Waals surface area contributed by atoms with Crippen molar-refractivity contribution >= 4 is 27.8 Å². The molecule has 27 heavy (non-hydrogen) atoms. The van der Waals surface area contributed by atoms with Gasteiger partial charge in [-0.1, -0.05) is 0 Å². The van der Waals surface area contributed by atoms with E-state index in [9.17, 15) is 17.6 Å². The second-order valence-electron chi connectivity index (χ2n) is 5.49. The van der Waals surface area contributed by atoms with Crippen molar-refractivity contribution in [2.24, 2.45) is 0 Å². The third-order valence-corrected chi connectivity index (χ3v) is 4.98. The summed E-state index contributed by atoms with van der Waals surface area (Å²) < 4.78 is 51.8. The lowest BCUT2D eigenvalue weighted by molar-refractivity contribution is -0.131. The molecule has 0 atom stereocenters. The second-order valence-corrected chi connectivity index (χ2v) is 7.14. The summed E-state index contributed by atoms with van der Waals surface area (Å²) in [5.41, 5.74) is 0.876. The monoisotopic (exact) mass is 395 g/mol. The van der Waals surface area contributed by atoms with Gasteiger partial charge in [-0.05, 0) is 54.5 Å². The molecule has 0 amide bonds. The van der Waals surface area contributed by atoms with Crippen LogP contribution in [0.3, 0.4) is 0 Å². The number of nitrogens with one attached hydrogen (secondary N) is 1. The molecule has 2 rings (SSSR count). The van der Waals surface area contributed by atoms with Gasteiger partial charge in [0, 0.05) is 6.08 Å². The van der Waals surface area contributed by atoms with E-state index >= 15 is 0 Å². The van der Waals surface area contributed by atoms with Gasteiger partial charge in [0.2, 0.25) is 0 Å². The maximum atomic E-state index is 13.3. The minimum Gasteiger partial charge on any atom is -0.493 e. The predicted octanol–water partition coefficient (Wildman–Crippen LogP) is 3.05. The summed E-state index contributed by atoms with van der Waals surface area (Å²) in [5.74, 6) is -1.61. The Bertz CT molecular complexity index is 1000. The first-order chi connectivity index (χ1) is 12.7. The zero-order valence-electron chi connectivity index (χ0n) is 14.8. The van der Waals surface area contributed by atoms with Gasteiger partial charge in [-0.25, -0.2) is 17.6 Å². The van der Waals surface area contributed by atoms with E-state index in [1.54, 1.807) is 6.92 Å². The molecule has 144 valence electrons. The highest BCUT2D eigenvalue weighted by molar-refractivity contribution is 7.92. The highest BCUT2D eigenvalue weighted by atomic mass is 32.2. The maximum Gasteiger partial charge on any atom is 0.328 e. The lowest BCUT2D eigenvalue weighted by Gasteiger charge is -2.16. The van der Waals surface area contributed by atoms with Crippen LogP contribution >= 0.6 is 0 Å². The molecule has 0 bridgehead atoms. The molecule has 0 fully saturated rings. The first-order valence-corrected chi connectivity index (χ1v) is 9.12. The fraction of sp³-hybridized carbons (Fsp3) is 0.167. The highest BCUT2D eigenvalue weighted by Crippen LogP contribution is 2.37. The number of hydrogen-bond donors (Lipinski definition) is 2. The van der Waals surface area contributed by atoms with Crippen molar-refractivity contribution < 1.29 is 32.2 Å². The quantitative estimate of drug-likeness (QED) is 0.699. The zero-order valence-corrected chi connectivity index (χ0v) is 15.6. The Morgan fingerprint density at radius 1 is 1.19 bits per heavy atom. The summed E-state index contributed by atoms with van der Waals surface area (Å²) in [5, 5.41) is 8.78. The van der Waals surface area contributed by atoms with Crippen molar-refractivity contribution in [2.45, 2.75) is 11.8 Å². The molecule has 0 spiro atoms. The van der Waals surface area contributed by atoms with E-state index in [2.05, 4.69) is 4.72 Å². The Kier molecular flexibility index (Phi) is 6.06. The number of carboxylic acids is 1. The van der Waals surface area contributed by atoms with Crippen LogP contribution in [0.1, 0.15) is 11.1 Å². The normalized spacial score (nSPS) is 11.4. The number of rotatable bonds is 7. The Morgan fingerprint density at radius 2 is 1.89 bits per heavy atom. The van der Waals surface area contributed by atoms with E-state index in [4.69, 9.17) is 14.6 Å². The highest BCUT2D eigenvalue weighted by Gasteiger charge is 2.24. The molecule has 0 unspecified atom stereocenters. The summed E-state index contributed by atoms with van der Waals surface area (Å²) in [6.45, 7) is 1.56. The van der Waals surface area contributed by atoms with E-state index in [0.29, 0.717) is 5.56 Å². The van der Waals surface area contributed by atoms with Gasteiger partial charge in [0.25, 0.3) is 10.0 Å². The van der Waals surface area contributed by atoms with Crippen molar-refractivity contribution in [3.63, 3.8) is 0 Å². The number of carbonyl (C=O) groups is 1. The number of sulfonamides is 1. The molecule has 2 N–H and O–H groups in total. The summed E-state index contributed by atoms with van der Waals surface area (Å²) >= 11 is 0. The molecule has 0 aliphatic heterocycles. The molecule has 7 nitrogen and oxygen atoms in total. The molecule has 0 radical (unpaired) electrons. The minimum absolute atomic E-state index is 0.0442. The molecule has 0 heterocycles. The predicted molar refractivity (Wildman–Crippen MR) is 98.2 cm³/mol. The van der Waals surface area contributed by atoms with Crippen molar-refractivity contribution in [3.8, 4) is 11.5 Å². The van der Waals surface area contributed by atoms with Crippen molar-refractivity contribution in [3.05, 3.63) is 53.4 Å². The minimum atomic E-state index is -4.14. The third-order valence-electron chi connectivity index (χ3n) is 3.61. The number of hydrogen-bond acceptors (Lipinski definition) is 5. The Hall–Kier alpha value is -3.07.